The van der Waals surface area contributed by atoms with Crippen LogP contribution in [0.3, 0.4) is 0 Å². The lowest BCUT2D eigenvalue weighted by atomic mass is 9.96. The summed E-state index contributed by atoms with van der Waals surface area (Å²) in [6.07, 6.45) is -0.418. The lowest BCUT2D eigenvalue weighted by molar-refractivity contribution is -0.137. The quantitative estimate of drug-likeness (QED) is 0.0533. The Labute approximate surface area is 274 Å². The van der Waals surface area contributed by atoms with Crippen LogP contribution in [0.4, 0.5) is 0 Å². The van der Waals surface area contributed by atoms with Gasteiger partial charge in [0.2, 0.25) is 47.3 Å². The molecule has 7 atom stereocenters. The molecule has 0 radical (unpaired) electrons. The largest absolute Gasteiger partial charge is 0.394 e. The number of aliphatic hydroxyl groups is 1. The van der Waals surface area contributed by atoms with Crippen molar-refractivity contribution < 1.29 is 43.5 Å². The van der Waals surface area contributed by atoms with Gasteiger partial charge in [-0.2, -0.15) is 0 Å². The molecule has 0 saturated heterocycles. The maximum Gasteiger partial charge on any atom is 0.245 e. The molecule has 0 heterocycles. The summed E-state index contributed by atoms with van der Waals surface area (Å²) < 4.78 is 0. The molecule has 0 bridgehead atoms. The van der Waals surface area contributed by atoms with Crippen molar-refractivity contribution in [2.75, 3.05) is 6.61 Å². The van der Waals surface area contributed by atoms with Crippen molar-refractivity contribution in [2.24, 2.45) is 40.7 Å². The number of carbonyl (C=O) groups is 8. The zero-order valence-electron chi connectivity index (χ0n) is 28.0. The van der Waals surface area contributed by atoms with Crippen LogP contribution in [-0.2, 0) is 38.4 Å². The Morgan fingerprint density at radius 1 is 0.574 bits per heavy atom. The van der Waals surface area contributed by atoms with Crippen molar-refractivity contribution in [3.63, 3.8) is 0 Å². The van der Waals surface area contributed by atoms with E-state index in [1.54, 1.807) is 27.7 Å². The minimum Gasteiger partial charge on any atom is -0.394 e. The zero-order chi connectivity index (χ0) is 36.6. The van der Waals surface area contributed by atoms with Crippen LogP contribution in [0.2, 0.25) is 0 Å². The molecule has 0 spiro atoms. The highest BCUT2D eigenvalue weighted by atomic mass is 16.3. The minimum atomic E-state index is -1.63. The van der Waals surface area contributed by atoms with Gasteiger partial charge in [0.1, 0.15) is 30.2 Å². The Morgan fingerprint density at radius 2 is 1.00 bits per heavy atom. The minimum absolute atomic E-state index is 0.0567. The van der Waals surface area contributed by atoms with E-state index in [4.69, 9.17) is 22.9 Å². The summed E-state index contributed by atoms with van der Waals surface area (Å²) in [4.78, 5) is 100.0. The first-order valence-electron chi connectivity index (χ1n) is 15.5. The molecule has 268 valence electrons. The Hall–Kier alpha value is -4.32. The summed E-state index contributed by atoms with van der Waals surface area (Å²) >= 11 is 0. The number of nitrogens with two attached hydrogens (primary N) is 4. The summed E-state index contributed by atoms with van der Waals surface area (Å²) in [6.45, 7) is 9.67. The molecule has 0 fully saturated rings. The smallest absolute Gasteiger partial charge is 0.245 e. The first kappa shape index (κ1) is 42.7. The van der Waals surface area contributed by atoms with Gasteiger partial charge in [-0.15, -0.1) is 0 Å². The van der Waals surface area contributed by atoms with Gasteiger partial charge in [-0.25, -0.2) is 0 Å². The van der Waals surface area contributed by atoms with Gasteiger partial charge in [-0.3, -0.25) is 38.4 Å². The highest BCUT2D eigenvalue weighted by Crippen LogP contribution is 2.12. The summed E-state index contributed by atoms with van der Waals surface area (Å²) in [7, 11) is 0. The Balaban J connectivity index is 5.95. The van der Waals surface area contributed by atoms with Crippen LogP contribution < -0.4 is 49.5 Å². The van der Waals surface area contributed by atoms with Gasteiger partial charge < -0.3 is 54.6 Å². The summed E-state index contributed by atoms with van der Waals surface area (Å²) in [5.74, 6) is -7.75. The van der Waals surface area contributed by atoms with Crippen molar-refractivity contribution in [3.8, 4) is 0 Å². The monoisotopic (exact) mass is 671 g/mol. The van der Waals surface area contributed by atoms with Crippen LogP contribution in [0.1, 0.15) is 73.6 Å². The number of hydrogen-bond donors (Lipinski definition) is 10. The van der Waals surface area contributed by atoms with Gasteiger partial charge in [0.25, 0.3) is 0 Å². The van der Waals surface area contributed by atoms with Crippen molar-refractivity contribution in [3.05, 3.63) is 0 Å². The maximum absolute atomic E-state index is 13.5. The third kappa shape index (κ3) is 16.2. The Kier molecular flexibility index (Phi) is 18.8. The van der Waals surface area contributed by atoms with E-state index in [1.807, 2.05) is 13.8 Å². The molecule has 14 N–H and O–H groups in total. The number of amides is 8. The second-order valence-corrected chi connectivity index (χ2v) is 12.4. The predicted octanol–water partition coefficient (Wildman–Crippen LogP) is -3.90. The molecule has 0 aliphatic rings. The molecule has 0 rings (SSSR count). The molecule has 0 aromatic heterocycles. The highest BCUT2D eigenvalue weighted by Gasteiger charge is 2.35. The van der Waals surface area contributed by atoms with Gasteiger partial charge in [-0.1, -0.05) is 48.0 Å². The predicted molar refractivity (Wildman–Crippen MR) is 170 cm³/mol. The van der Waals surface area contributed by atoms with E-state index in [0.717, 1.165) is 0 Å². The van der Waals surface area contributed by atoms with Gasteiger partial charge in [0, 0.05) is 0 Å². The fraction of sp³-hybridized carbons (Fsp3) is 0.724. The van der Waals surface area contributed by atoms with Crippen molar-refractivity contribution in [1.82, 2.24) is 26.6 Å². The maximum atomic E-state index is 13.5. The SMILES string of the molecule is CCC(C)C(NC(=O)C(CO)NC(=O)C(CC(N)=O)NC(=O)C(N)CC(C)C)C(=O)NC(CC(C)C)C(=O)NC(CC(N)=O)C(N)=O. The molecular formula is C29H53N9O9. The lowest BCUT2D eigenvalue weighted by Gasteiger charge is -2.29. The second kappa shape index (κ2) is 20.7. The van der Waals surface area contributed by atoms with E-state index >= 15 is 0 Å². The molecule has 0 aromatic carbocycles. The van der Waals surface area contributed by atoms with Crippen molar-refractivity contribution in [1.29, 1.82) is 0 Å². The first-order chi connectivity index (χ1) is 21.7. The van der Waals surface area contributed by atoms with E-state index < -0.39 is 109 Å². The van der Waals surface area contributed by atoms with Crippen LogP contribution in [0.5, 0.6) is 0 Å². The highest BCUT2D eigenvalue weighted by molar-refractivity contribution is 5.98. The summed E-state index contributed by atoms with van der Waals surface area (Å²) in [5.41, 5.74) is 21.5. The van der Waals surface area contributed by atoms with Gasteiger partial charge in [0.05, 0.1) is 25.5 Å². The Bertz CT molecular complexity index is 1130. The summed E-state index contributed by atoms with van der Waals surface area (Å²) in [5, 5.41) is 21.9. The molecule has 8 amide bonds. The number of nitrogens with one attached hydrogen (secondary N) is 5. The molecule has 18 nitrogen and oxygen atoms in total. The lowest BCUT2D eigenvalue weighted by Crippen LogP contribution is -2.61. The van der Waals surface area contributed by atoms with Crippen molar-refractivity contribution >= 4 is 47.3 Å². The third-order valence-corrected chi connectivity index (χ3v) is 7.11. The van der Waals surface area contributed by atoms with Crippen molar-refractivity contribution in [2.45, 2.75) is 110 Å². The number of rotatable bonds is 22. The summed E-state index contributed by atoms with van der Waals surface area (Å²) in [6, 6.07) is -8.03. The molecule has 0 aliphatic carbocycles. The Morgan fingerprint density at radius 3 is 1.45 bits per heavy atom. The third-order valence-electron chi connectivity index (χ3n) is 7.11. The topological polar surface area (TPSA) is 321 Å². The second-order valence-electron chi connectivity index (χ2n) is 12.4. The fourth-order valence-electron chi connectivity index (χ4n) is 4.39. The molecule has 0 aliphatic heterocycles. The van der Waals surface area contributed by atoms with Crippen LogP contribution >= 0.6 is 0 Å². The van der Waals surface area contributed by atoms with Crippen LogP contribution in [0, 0.1) is 17.8 Å². The molecule has 0 aromatic rings. The van der Waals surface area contributed by atoms with Crippen LogP contribution in [0.25, 0.3) is 0 Å². The van der Waals surface area contributed by atoms with Crippen LogP contribution in [-0.4, -0.2) is 95.2 Å². The zero-order valence-corrected chi connectivity index (χ0v) is 28.0. The fourth-order valence-corrected chi connectivity index (χ4v) is 4.39. The average Bonchev–Trinajstić information content (AvgIpc) is 2.95. The van der Waals surface area contributed by atoms with E-state index in [2.05, 4.69) is 26.6 Å². The van der Waals surface area contributed by atoms with Gasteiger partial charge in [-0.05, 0) is 30.6 Å². The molecule has 47 heavy (non-hydrogen) atoms. The normalized spacial score (nSPS) is 15.6. The van der Waals surface area contributed by atoms with E-state index in [-0.39, 0.29) is 24.7 Å². The standard InChI is InChI=1S/C29H53N9O9/c1-7-15(6)23(29(47)36-18(9-14(4)5)26(44)34-17(24(33)42)10-21(31)40)38-28(46)20(12-39)37-27(45)19(11-22(32)41)35-25(43)16(30)8-13(2)3/h13-20,23,39H,7-12,30H2,1-6H3,(H2,31,40)(H2,32,41)(H2,33,42)(H,34,44)(H,35,43)(H,36,47)(H,37,45)(H,38,46). The average molecular weight is 672 g/mol. The first-order valence-corrected chi connectivity index (χ1v) is 15.5. The van der Waals surface area contributed by atoms with E-state index in [1.165, 1.54) is 0 Å². The van der Waals surface area contributed by atoms with E-state index in [0.29, 0.717) is 6.42 Å². The molecule has 0 saturated carbocycles. The number of hydrogen-bond acceptors (Lipinski definition) is 10. The number of carbonyl (C=O) groups excluding carboxylic acids is 8. The van der Waals surface area contributed by atoms with E-state index in [9.17, 15) is 43.5 Å². The van der Waals surface area contributed by atoms with Gasteiger partial charge in [0.15, 0.2) is 0 Å². The molecular weight excluding hydrogens is 618 g/mol. The van der Waals surface area contributed by atoms with Crippen LogP contribution in [0.15, 0.2) is 0 Å². The number of aliphatic hydroxyl groups excluding tert-OH is 1. The number of primary amides is 3. The molecule has 7 unspecified atom stereocenters. The van der Waals surface area contributed by atoms with Gasteiger partial charge >= 0.3 is 0 Å². The molecule has 18 heteroatoms.